The van der Waals surface area contributed by atoms with Gasteiger partial charge in [-0.25, -0.2) is 14.2 Å². The molecule has 9 nitrogen and oxygen atoms in total. The highest BCUT2D eigenvalue weighted by Gasteiger charge is 2.33. The van der Waals surface area contributed by atoms with E-state index in [9.17, 15) is 14.3 Å². The second kappa shape index (κ2) is 8.49. The van der Waals surface area contributed by atoms with E-state index in [1.54, 1.807) is 43.6 Å². The fourth-order valence-electron chi connectivity index (χ4n) is 3.70. The first-order chi connectivity index (χ1) is 15.9. The average molecular weight is 516 g/mol. The van der Waals surface area contributed by atoms with E-state index in [1.165, 1.54) is 15.9 Å². The van der Waals surface area contributed by atoms with Crippen LogP contribution in [0.25, 0.3) is 0 Å². The van der Waals surface area contributed by atoms with Gasteiger partial charge in [0.2, 0.25) is 5.95 Å². The van der Waals surface area contributed by atoms with Crippen molar-refractivity contribution in [2.24, 2.45) is 0 Å². The summed E-state index contributed by atoms with van der Waals surface area (Å²) in [6, 6.07) is 9.41. The highest BCUT2D eigenvalue weighted by atomic mass is 79.9. The molecule has 0 bridgehead atoms. The molecule has 11 heteroatoms. The van der Waals surface area contributed by atoms with Gasteiger partial charge >= 0.3 is 6.03 Å². The van der Waals surface area contributed by atoms with Crippen LogP contribution in [0.5, 0.6) is 11.5 Å². The third kappa shape index (κ3) is 3.93. The number of hydrogen-bond acceptors (Lipinski definition) is 7. The summed E-state index contributed by atoms with van der Waals surface area (Å²) in [5, 5.41) is 12.3. The molecule has 5 rings (SSSR count). The Kier molecular flexibility index (Phi) is 5.51. The van der Waals surface area contributed by atoms with E-state index in [4.69, 9.17) is 9.47 Å². The van der Waals surface area contributed by atoms with Crippen LogP contribution in [0.2, 0.25) is 0 Å². The monoisotopic (exact) mass is 515 g/mol. The number of para-hydroxylation sites is 1. The van der Waals surface area contributed by atoms with Crippen molar-refractivity contribution in [1.82, 2.24) is 9.97 Å². The lowest BCUT2D eigenvalue weighted by atomic mass is 10.2. The lowest BCUT2D eigenvalue weighted by Crippen LogP contribution is -2.46. The van der Waals surface area contributed by atoms with Crippen molar-refractivity contribution in [3.05, 3.63) is 58.4 Å². The number of aliphatic hydroxyl groups excluding tert-OH is 1. The van der Waals surface area contributed by atoms with Gasteiger partial charge in [-0.3, -0.25) is 9.80 Å². The SMILES string of the molecule is CN1C(=O)N(c2c(F)cccc2Br)Cc2cnc(Nc3ccc4c(c3)OCC(CO)O4)nc21. The second-order valence-electron chi connectivity index (χ2n) is 7.56. The number of rotatable bonds is 4. The highest BCUT2D eigenvalue weighted by molar-refractivity contribution is 9.10. The van der Waals surface area contributed by atoms with Crippen molar-refractivity contribution >= 4 is 45.1 Å². The molecular weight excluding hydrogens is 497 g/mol. The van der Waals surface area contributed by atoms with Gasteiger partial charge in [0, 0.05) is 35.0 Å². The lowest BCUT2D eigenvalue weighted by Gasteiger charge is -2.34. The Morgan fingerprint density at radius 2 is 2.15 bits per heavy atom. The van der Waals surface area contributed by atoms with Crippen LogP contribution in [0.1, 0.15) is 5.56 Å². The van der Waals surface area contributed by atoms with Crippen LogP contribution in [-0.4, -0.2) is 47.5 Å². The van der Waals surface area contributed by atoms with E-state index in [2.05, 4.69) is 31.2 Å². The smallest absolute Gasteiger partial charge is 0.330 e. The minimum atomic E-state index is -0.502. The van der Waals surface area contributed by atoms with Crippen LogP contribution in [0.3, 0.4) is 0 Å². The average Bonchev–Trinajstić information content (AvgIpc) is 2.82. The molecule has 1 unspecified atom stereocenters. The van der Waals surface area contributed by atoms with Gasteiger partial charge in [-0.05, 0) is 40.2 Å². The molecular formula is C22H19BrFN5O4. The zero-order valence-corrected chi connectivity index (χ0v) is 19.0. The third-order valence-electron chi connectivity index (χ3n) is 5.34. The summed E-state index contributed by atoms with van der Waals surface area (Å²) in [6.07, 6.45) is 1.22. The molecule has 0 saturated heterocycles. The first-order valence-electron chi connectivity index (χ1n) is 10.1. The number of nitrogens with zero attached hydrogens (tertiary/aromatic N) is 4. The van der Waals surface area contributed by atoms with E-state index in [0.717, 1.165) is 0 Å². The van der Waals surface area contributed by atoms with Crippen molar-refractivity contribution in [3.8, 4) is 11.5 Å². The minimum absolute atomic E-state index is 0.125. The largest absolute Gasteiger partial charge is 0.486 e. The number of carbonyl (C=O) groups is 1. The zero-order chi connectivity index (χ0) is 23.1. The number of ether oxygens (including phenoxy) is 2. The van der Waals surface area contributed by atoms with Crippen LogP contribution >= 0.6 is 15.9 Å². The summed E-state index contributed by atoms with van der Waals surface area (Å²) in [5.74, 6) is 1.31. The Morgan fingerprint density at radius 1 is 1.30 bits per heavy atom. The number of urea groups is 1. The zero-order valence-electron chi connectivity index (χ0n) is 17.5. The summed E-state index contributed by atoms with van der Waals surface area (Å²) in [7, 11) is 1.58. The molecule has 2 amide bonds. The van der Waals surface area contributed by atoms with E-state index in [0.29, 0.717) is 39.0 Å². The molecule has 2 aromatic carbocycles. The maximum absolute atomic E-state index is 14.5. The maximum atomic E-state index is 14.5. The molecule has 1 atom stereocenters. The Morgan fingerprint density at radius 3 is 2.94 bits per heavy atom. The molecule has 3 heterocycles. The number of carbonyl (C=O) groups excluding carboxylic acids is 1. The second-order valence-corrected chi connectivity index (χ2v) is 8.41. The highest BCUT2D eigenvalue weighted by Crippen LogP contribution is 2.37. The molecule has 0 spiro atoms. The van der Waals surface area contributed by atoms with Gasteiger partial charge in [-0.1, -0.05) is 6.07 Å². The number of anilines is 4. The molecule has 0 aliphatic carbocycles. The molecule has 2 aliphatic heterocycles. The number of aliphatic hydroxyl groups is 1. The van der Waals surface area contributed by atoms with Gasteiger partial charge in [0.25, 0.3) is 0 Å². The first-order valence-corrected chi connectivity index (χ1v) is 10.9. The van der Waals surface area contributed by atoms with Crippen molar-refractivity contribution in [2.45, 2.75) is 12.6 Å². The van der Waals surface area contributed by atoms with E-state index in [-0.39, 0.29) is 25.4 Å². The van der Waals surface area contributed by atoms with Gasteiger partial charge in [-0.15, -0.1) is 0 Å². The molecule has 3 aromatic rings. The maximum Gasteiger partial charge on any atom is 0.330 e. The Hall–Kier alpha value is -3.44. The number of halogens is 2. The fourth-order valence-corrected chi connectivity index (χ4v) is 4.26. The van der Waals surface area contributed by atoms with E-state index >= 15 is 0 Å². The summed E-state index contributed by atoms with van der Waals surface area (Å²) in [4.78, 5) is 24.6. The lowest BCUT2D eigenvalue weighted by molar-refractivity contribution is 0.0457. The molecule has 33 heavy (non-hydrogen) atoms. The van der Waals surface area contributed by atoms with Crippen LogP contribution in [0, 0.1) is 5.82 Å². The van der Waals surface area contributed by atoms with E-state index in [1.807, 2.05) is 0 Å². The summed E-state index contributed by atoms with van der Waals surface area (Å²) < 4.78 is 26.2. The van der Waals surface area contributed by atoms with E-state index < -0.39 is 18.0 Å². The summed E-state index contributed by atoms with van der Waals surface area (Å²) in [6.45, 7) is 0.262. The Bertz CT molecular complexity index is 1220. The Labute approximate surface area is 196 Å². The van der Waals surface area contributed by atoms with Gasteiger partial charge in [0.05, 0.1) is 18.8 Å². The number of benzene rings is 2. The van der Waals surface area contributed by atoms with Crippen LogP contribution < -0.4 is 24.6 Å². The van der Waals surface area contributed by atoms with Crippen molar-refractivity contribution in [2.75, 3.05) is 35.4 Å². The predicted octanol–water partition coefficient (Wildman–Crippen LogP) is 3.83. The standard InChI is InChI=1S/C22H19BrFN5O4/c1-28-20-12(9-29(22(28)31)19-15(23)3-2-4-16(19)24)8-25-21(27-20)26-13-5-6-17-18(7-13)32-11-14(10-30)33-17/h2-8,14,30H,9-11H2,1H3,(H,25,26,27). The predicted molar refractivity (Wildman–Crippen MR) is 123 cm³/mol. The molecule has 2 N–H and O–H groups in total. The molecule has 2 aliphatic rings. The van der Waals surface area contributed by atoms with Gasteiger partial charge in [0.1, 0.15) is 18.2 Å². The van der Waals surface area contributed by atoms with Crippen molar-refractivity contribution < 1.29 is 23.8 Å². The third-order valence-corrected chi connectivity index (χ3v) is 5.97. The Balaban J connectivity index is 1.39. The van der Waals surface area contributed by atoms with Crippen molar-refractivity contribution in [1.29, 1.82) is 0 Å². The van der Waals surface area contributed by atoms with Crippen molar-refractivity contribution in [3.63, 3.8) is 0 Å². The number of hydrogen-bond donors (Lipinski definition) is 2. The van der Waals surface area contributed by atoms with Crippen LogP contribution in [-0.2, 0) is 6.54 Å². The number of fused-ring (bicyclic) bond motifs is 2. The van der Waals surface area contributed by atoms with Crippen LogP contribution in [0.15, 0.2) is 47.1 Å². The minimum Gasteiger partial charge on any atom is -0.486 e. The molecule has 0 saturated carbocycles. The molecule has 1 aromatic heterocycles. The number of nitrogens with one attached hydrogen (secondary N) is 1. The first kappa shape index (κ1) is 21.4. The van der Waals surface area contributed by atoms with Crippen LogP contribution in [0.4, 0.5) is 32.3 Å². The number of amides is 2. The fraction of sp³-hybridized carbons (Fsp3) is 0.227. The molecule has 0 fully saturated rings. The number of aromatic nitrogens is 2. The summed E-state index contributed by atoms with van der Waals surface area (Å²) in [5.41, 5.74) is 1.51. The quantitative estimate of drug-likeness (QED) is 0.544. The van der Waals surface area contributed by atoms with Gasteiger partial charge in [0.15, 0.2) is 17.6 Å². The van der Waals surface area contributed by atoms with Gasteiger partial charge < -0.3 is 19.9 Å². The molecule has 0 radical (unpaired) electrons. The topological polar surface area (TPSA) is 100 Å². The normalized spacial score (nSPS) is 17.1. The van der Waals surface area contributed by atoms with Gasteiger partial charge in [-0.2, -0.15) is 4.98 Å². The summed E-state index contributed by atoms with van der Waals surface area (Å²) >= 11 is 3.33. The molecule has 170 valence electrons.